The fourth-order valence-electron chi connectivity index (χ4n) is 2.64. The average molecular weight is 362 g/mol. The quantitative estimate of drug-likeness (QED) is 0.672. The van der Waals surface area contributed by atoms with Gasteiger partial charge in [-0.2, -0.15) is 0 Å². The molecule has 25 heavy (non-hydrogen) atoms. The van der Waals surface area contributed by atoms with E-state index < -0.39 is 0 Å². The monoisotopic (exact) mass is 362 g/mol. The van der Waals surface area contributed by atoms with E-state index in [4.69, 9.17) is 0 Å². The van der Waals surface area contributed by atoms with Crippen LogP contribution in [-0.2, 0) is 11.3 Å². The van der Waals surface area contributed by atoms with Crippen molar-refractivity contribution in [3.05, 3.63) is 46.4 Å². The van der Waals surface area contributed by atoms with Gasteiger partial charge in [-0.05, 0) is 24.3 Å². The normalized spacial score (nSPS) is 12.3. The molecule has 0 aliphatic rings. The Morgan fingerprint density at radius 2 is 2.04 bits per heavy atom. The van der Waals surface area contributed by atoms with Crippen LogP contribution in [0.3, 0.4) is 0 Å². The van der Waals surface area contributed by atoms with Gasteiger partial charge in [0.2, 0.25) is 5.91 Å². The van der Waals surface area contributed by atoms with Crippen molar-refractivity contribution in [2.24, 2.45) is 5.92 Å². The number of aromatic amines is 1. The van der Waals surface area contributed by atoms with Crippen LogP contribution >= 0.6 is 11.8 Å². The van der Waals surface area contributed by atoms with Crippen LogP contribution in [0.5, 0.6) is 0 Å². The lowest BCUT2D eigenvalue weighted by atomic mass is 9.97. The molecule has 0 fully saturated rings. The number of nitrogens with one attached hydrogen (secondary N) is 2. The van der Waals surface area contributed by atoms with Gasteiger partial charge in [0.25, 0.3) is 0 Å². The molecule has 0 spiro atoms. The highest BCUT2D eigenvalue weighted by Crippen LogP contribution is 2.22. The van der Waals surface area contributed by atoms with Crippen LogP contribution < -0.4 is 11.0 Å². The molecular formula is C18H26N4O2S. The fourth-order valence-corrected chi connectivity index (χ4v) is 3.42. The molecule has 1 atom stereocenters. The lowest BCUT2D eigenvalue weighted by Gasteiger charge is -2.21. The first-order valence-electron chi connectivity index (χ1n) is 8.63. The molecule has 1 aromatic carbocycles. The zero-order chi connectivity index (χ0) is 18.2. The second kappa shape index (κ2) is 9.46. The molecule has 7 heteroatoms. The minimum atomic E-state index is -0.230. The number of thioether (sulfide) groups is 1. The van der Waals surface area contributed by atoms with Crippen molar-refractivity contribution in [1.29, 1.82) is 0 Å². The van der Waals surface area contributed by atoms with Crippen molar-refractivity contribution in [3.63, 3.8) is 0 Å². The van der Waals surface area contributed by atoms with Crippen LogP contribution in [0, 0.1) is 5.92 Å². The predicted octanol–water partition coefficient (Wildman–Crippen LogP) is 2.98. The van der Waals surface area contributed by atoms with Gasteiger partial charge >= 0.3 is 5.69 Å². The molecule has 0 saturated carbocycles. The van der Waals surface area contributed by atoms with Crippen LogP contribution in [-0.4, -0.2) is 26.4 Å². The third-order valence-corrected chi connectivity index (χ3v) is 4.72. The number of nitrogens with zero attached hydrogens (tertiary/aromatic N) is 2. The van der Waals surface area contributed by atoms with Gasteiger partial charge in [-0.3, -0.25) is 9.36 Å². The number of benzene rings is 1. The molecule has 0 radical (unpaired) electrons. The van der Waals surface area contributed by atoms with E-state index >= 15 is 0 Å². The van der Waals surface area contributed by atoms with Crippen molar-refractivity contribution in [1.82, 2.24) is 20.1 Å². The highest BCUT2D eigenvalue weighted by Gasteiger charge is 2.17. The maximum atomic E-state index is 12.4. The first-order chi connectivity index (χ1) is 12.0. The number of aromatic nitrogens is 3. The second-order valence-corrected chi connectivity index (χ2v) is 7.35. The first-order valence-corrected chi connectivity index (χ1v) is 9.62. The summed E-state index contributed by atoms with van der Waals surface area (Å²) < 4.78 is 1.57. The van der Waals surface area contributed by atoms with Crippen molar-refractivity contribution in [2.45, 2.75) is 51.4 Å². The summed E-state index contributed by atoms with van der Waals surface area (Å²) in [5.41, 5.74) is 0.879. The predicted molar refractivity (Wildman–Crippen MR) is 101 cm³/mol. The number of H-pyrrole nitrogens is 1. The molecule has 2 rings (SSSR count). The lowest BCUT2D eigenvalue weighted by molar-refractivity contribution is -0.119. The highest BCUT2D eigenvalue weighted by molar-refractivity contribution is 7.99. The third-order valence-electron chi connectivity index (χ3n) is 3.75. The maximum Gasteiger partial charge on any atom is 0.343 e. The number of carbonyl (C=O) groups excluding carboxylic acids is 1. The summed E-state index contributed by atoms with van der Waals surface area (Å²) in [6, 6.07) is 10.00. The molecule has 1 aromatic heterocycles. The van der Waals surface area contributed by atoms with E-state index in [9.17, 15) is 9.59 Å². The van der Waals surface area contributed by atoms with Crippen molar-refractivity contribution < 1.29 is 4.79 Å². The first kappa shape index (κ1) is 19.3. The highest BCUT2D eigenvalue weighted by atomic mass is 32.2. The summed E-state index contributed by atoms with van der Waals surface area (Å²) in [6.45, 7) is 6.88. The Balaban J connectivity index is 1.98. The third kappa shape index (κ3) is 5.77. The van der Waals surface area contributed by atoms with Gasteiger partial charge in [0.1, 0.15) is 0 Å². The zero-order valence-electron chi connectivity index (χ0n) is 15.0. The number of carbonyl (C=O) groups is 1. The molecule has 0 saturated heterocycles. The Hall–Kier alpha value is -2.02. The molecule has 1 amide bonds. The molecule has 0 bridgehead atoms. The largest absolute Gasteiger partial charge is 0.349 e. The van der Waals surface area contributed by atoms with E-state index in [1.54, 1.807) is 4.57 Å². The molecule has 2 aromatic rings. The number of hydrogen-bond donors (Lipinski definition) is 2. The van der Waals surface area contributed by atoms with E-state index in [1.165, 1.54) is 11.8 Å². The molecule has 2 N–H and O–H groups in total. The topological polar surface area (TPSA) is 79.8 Å². The Morgan fingerprint density at radius 1 is 1.32 bits per heavy atom. The van der Waals surface area contributed by atoms with Gasteiger partial charge in [0, 0.05) is 6.54 Å². The van der Waals surface area contributed by atoms with Gasteiger partial charge in [0.05, 0.1) is 11.8 Å². The van der Waals surface area contributed by atoms with E-state index in [2.05, 4.69) is 29.4 Å². The summed E-state index contributed by atoms with van der Waals surface area (Å²) in [5, 5.41) is 10.1. The van der Waals surface area contributed by atoms with E-state index in [0.717, 1.165) is 18.4 Å². The van der Waals surface area contributed by atoms with Crippen LogP contribution in [0.15, 0.2) is 40.3 Å². The molecule has 0 aliphatic carbocycles. The van der Waals surface area contributed by atoms with Crippen molar-refractivity contribution in [3.8, 4) is 0 Å². The lowest BCUT2D eigenvalue weighted by Crippen LogP contribution is -2.31. The van der Waals surface area contributed by atoms with Crippen molar-refractivity contribution >= 4 is 17.7 Å². The minimum absolute atomic E-state index is 0.00804. The summed E-state index contributed by atoms with van der Waals surface area (Å²) in [6.07, 6.45) is 1.72. The molecule has 136 valence electrons. The number of amides is 1. The Morgan fingerprint density at radius 3 is 2.68 bits per heavy atom. The maximum absolute atomic E-state index is 12.4. The molecule has 1 unspecified atom stereocenters. The van der Waals surface area contributed by atoms with Gasteiger partial charge in [-0.25, -0.2) is 9.89 Å². The van der Waals surface area contributed by atoms with E-state index in [0.29, 0.717) is 17.6 Å². The van der Waals surface area contributed by atoms with Gasteiger partial charge < -0.3 is 5.32 Å². The van der Waals surface area contributed by atoms with Gasteiger partial charge in [-0.1, -0.05) is 62.9 Å². The van der Waals surface area contributed by atoms with E-state index in [1.807, 2.05) is 37.3 Å². The summed E-state index contributed by atoms with van der Waals surface area (Å²) >= 11 is 1.28. The fraction of sp³-hybridized carbons (Fsp3) is 0.500. The average Bonchev–Trinajstić information content (AvgIpc) is 2.93. The van der Waals surface area contributed by atoms with E-state index in [-0.39, 0.29) is 23.4 Å². The second-order valence-electron chi connectivity index (χ2n) is 6.41. The summed E-state index contributed by atoms with van der Waals surface area (Å²) in [7, 11) is 0. The molecule has 0 aliphatic heterocycles. The SMILES string of the molecule is CCCn1c(SCC(=O)NC(CC(C)C)c2ccccc2)n[nH]c1=O. The van der Waals surface area contributed by atoms with Crippen LogP contribution in [0.1, 0.15) is 45.2 Å². The minimum Gasteiger partial charge on any atom is -0.349 e. The van der Waals surface area contributed by atoms with Crippen LogP contribution in [0.2, 0.25) is 0 Å². The number of hydrogen-bond acceptors (Lipinski definition) is 4. The standard InChI is InChI=1S/C18H26N4O2S/c1-4-10-22-17(24)20-21-18(22)25-12-16(23)19-15(11-13(2)3)14-8-6-5-7-9-14/h5-9,13,15H,4,10-12H2,1-3H3,(H,19,23)(H,20,24). The smallest absolute Gasteiger partial charge is 0.343 e. The summed E-state index contributed by atoms with van der Waals surface area (Å²) in [4.78, 5) is 24.1. The Kier molecular flexibility index (Phi) is 7.31. The number of rotatable bonds is 9. The van der Waals surface area contributed by atoms with Crippen molar-refractivity contribution in [2.75, 3.05) is 5.75 Å². The Bertz CT molecular complexity index is 724. The molecule has 1 heterocycles. The van der Waals surface area contributed by atoms with Gasteiger partial charge in [-0.15, -0.1) is 5.10 Å². The summed E-state index contributed by atoms with van der Waals surface area (Å²) in [5.74, 6) is 0.646. The van der Waals surface area contributed by atoms with Crippen LogP contribution in [0.4, 0.5) is 0 Å². The molecule has 6 nitrogen and oxygen atoms in total. The van der Waals surface area contributed by atoms with Gasteiger partial charge in [0.15, 0.2) is 5.16 Å². The molecular weight excluding hydrogens is 336 g/mol. The Labute approximate surface area is 152 Å². The van der Waals surface area contributed by atoms with Crippen LogP contribution in [0.25, 0.3) is 0 Å². The zero-order valence-corrected chi connectivity index (χ0v) is 15.8.